The van der Waals surface area contributed by atoms with Crippen LogP contribution in [0, 0.1) is 0 Å². The molecule has 1 saturated heterocycles. The van der Waals surface area contributed by atoms with Crippen molar-refractivity contribution in [3.05, 3.63) is 0 Å². The summed E-state index contributed by atoms with van der Waals surface area (Å²) in [5.41, 5.74) is 0. The number of ether oxygens (including phenoxy) is 1. The highest BCUT2D eigenvalue weighted by Crippen LogP contribution is 2.08. The molecule has 0 aromatic heterocycles. The zero-order chi connectivity index (χ0) is 12.5. The van der Waals surface area contributed by atoms with Gasteiger partial charge in [0.1, 0.15) is 0 Å². The van der Waals surface area contributed by atoms with Gasteiger partial charge in [-0.2, -0.15) is 0 Å². The van der Waals surface area contributed by atoms with Crippen LogP contribution in [0.25, 0.3) is 0 Å². The lowest BCUT2D eigenvalue weighted by molar-refractivity contribution is -0.146. The van der Waals surface area contributed by atoms with Crippen LogP contribution in [0.3, 0.4) is 0 Å². The molecule has 0 unspecified atom stereocenters. The molecule has 1 aliphatic heterocycles. The van der Waals surface area contributed by atoms with Crippen molar-refractivity contribution in [1.82, 2.24) is 10.2 Å². The Kier molecular flexibility index (Phi) is 6.57. The maximum Gasteiger partial charge on any atom is 0.311 e. The Bertz CT molecular complexity index is 252. The summed E-state index contributed by atoms with van der Waals surface area (Å²) in [5, 5.41) is 11.0. The number of carbonyl (C=O) groups excluding carboxylic acids is 2. The summed E-state index contributed by atoms with van der Waals surface area (Å²) in [7, 11) is 0. The molecule has 0 bridgehead atoms. The second-order valence-corrected chi connectivity index (χ2v) is 3.94. The van der Waals surface area contributed by atoms with Gasteiger partial charge in [0.2, 0.25) is 0 Å². The van der Waals surface area contributed by atoms with E-state index < -0.39 is 11.8 Å². The van der Waals surface area contributed by atoms with E-state index in [4.69, 9.17) is 9.84 Å². The minimum atomic E-state index is -0.570. The van der Waals surface area contributed by atoms with Gasteiger partial charge in [-0.3, -0.25) is 9.59 Å². The molecule has 0 radical (unpaired) electrons. The Morgan fingerprint density at radius 2 is 1.88 bits per heavy atom. The molecule has 0 aliphatic carbocycles. The van der Waals surface area contributed by atoms with Crippen molar-refractivity contribution < 1.29 is 19.4 Å². The molecule has 2 amide bonds. The predicted octanol–water partition coefficient (Wildman–Crippen LogP) is -0.876. The number of hydrogen-bond donors (Lipinski definition) is 2. The smallest absolute Gasteiger partial charge is 0.311 e. The number of hydrogen-bond acceptors (Lipinski definition) is 4. The normalized spacial score (nSPS) is 15.7. The lowest BCUT2D eigenvalue weighted by Crippen LogP contribution is -2.45. The van der Waals surface area contributed by atoms with Crippen molar-refractivity contribution in [2.24, 2.45) is 0 Å². The number of aliphatic hydroxyl groups excluding tert-OH is 1. The first kappa shape index (κ1) is 13.9. The molecule has 1 aliphatic rings. The zero-order valence-electron chi connectivity index (χ0n) is 9.98. The van der Waals surface area contributed by atoms with E-state index in [0.29, 0.717) is 26.2 Å². The maximum atomic E-state index is 11.7. The van der Waals surface area contributed by atoms with Gasteiger partial charge in [-0.05, 0) is 19.3 Å². The van der Waals surface area contributed by atoms with Crippen LogP contribution in [0.4, 0.5) is 0 Å². The van der Waals surface area contributed by atoms with E-state index in [-0.39, 0.29) is 13.2 Å². The Hall–Kier alpha value is -1.14. The van der Waals surface area contributed by atoms with Crippen LogP contribution in [-0.2, 0) is 14.3 Å². The van der Waals surface area contributed by atoms with Gasteiger partial charge in [0.15, 0.2) is 0 Å². The average molecular weight is 244 g/mol. The first-order chi connectivity index (χ1) is 8.25. The standard InChI is InChI=1S/C11H20N2O4/c14-7-9-17-8-4-12-10(15)11(16)13-5-2-1-3-6-13/h14H,1-9H2,(H,12,15). The third kappa shape index (κ3) is 5.14. The molecule has 6 heteroatoms. The fourth-order valence-corrected chi connectivity index (χ4v) is 1.72. The molecule has 98 valence electrons. The molecule has 1 rings (SSSR count). The van der Waals surface area contributed by atoms with E-state index in [1.807, 2.05) is 0 Å². The summed E-state index contributed by atoms with van der Waals surface area (Å²) in [6, 6.07) is 0. The second-order valence-electron chi connectivity index (χ2n) is 3.94. The van der Waals surface area contributed by atoms with Gasteiger partial charge in [0, 0.05) is 19.6 Å². The Labute approximate surface area is 101 Å². The Morgan fingerprint density at radius 1 is 1.18 bits per heavy atom. The fraction of sp³-hybridized carbons (Fsp3) is 0.818. The van der Waals surface area contributed by atoms with E-state index >= 15 is 0 Å². The van der Waals surface area contributed by atoms with Crippen LogP contribution < -0.4 is 5.32 Å². The van der Waals surface area contributed by atoms with Crippen LogP contribution in [0.5, 0.6) is 0 Å². The quantitative estimate of drug-likeness (QED) is 0.486. The average Bonchev–Trinajstić information content (AvgIpc) is 2.38. The monoisotopic (exact) mass is 244 g/mol. The number of nitrogens with zero attached hydrogens (tertiary/aromatic N) is 1. The van der Waals surface area contributed by atoms with Gasteiger partial charge in [-0.1, -0.05) is 0 Å². The maximum absolute atomic E-state index is 11.7. The lowest BCUT2D eigenvalue weighted by Gasteiger charge is -2.25. The molecule has 0 saturated carbocycles. The van der Waals surface area contributed by atoms with Gasteiger partial charge in [-0.15, -0.1) is 0 Å². The zero-order valence-corrected chi connectivity index (χ0v) is 9.98. The predicted molar refractivity (Wildman–Crippen MR) is 61.3 cm³/mol. The molecule has 2 N–H and O–H groups in total. The second kappa shape index (κ2) is 8.03. The Balaban J connectivity index is 2.15. The minimum absolute atomic E-state index is 0.0410. The highest BCUT2D eigenvalue weighted by Gasteiger charge is 2.22. The topological polar surface area (TPSA) is 78.9 Å². The van der Waals surface area contributed by atoms with Crippen LogP contribution >= 0.6 is 0 Å². The third-order valence-electron chi connectivity index (χ3n) is 2.61. The third-order valence-corrected chi connectivity index (χ3v) is 2.61. The van der Waals surface area contributed by atoms with E-state index in [1.165, 1.54) is 0 Å². The molecule has 0 aromatic carbocycles. The molecule has 17 heavy (non-hydrogen) atoms. The van der Waals surface area contributed by atoms with Crippen LogP contribution in [0.15, 0.2) is 0 Å². The first-order valence-corrected chi connectivity index (χ1v) is 6.01. The van der Waals surface area contributed by atoms with Crippen molar-refractivity contribution in [2.45, 2.75) is 19.3 Å². The van der Waals surface area contributed by atoms with E-state index in [9.17, 15) is 9.59 Å². The van der Waals surface area contributed by atoms with Gasteiger partial charge in [-0.25, -0.2) is 0 Å². The summed E-state index contributed by atoms with van der Waals surface area (Å²) >= 11 is 0. The molecule has 1 fully saturated rings. The summed E-state index contributed by atoms with van der Waals surface area (Å²) in [6.45, 7) is 2.15. The van der Waals surface area contributed by atoms with Crippen molar-refractivity contribution in [3.8, 4) is 0 Å². The van der Waals surface area contributed by atoms with Gasteiger partial charge in [0.25, 0.3) is 0 Å². The van der Waals surface area contributed by atoms with Crippen LogP contribution in [0.1, 0.15) is 19.3 Å². The molecule has 0 spiro atoms. The summed E-state index contributed by atoms with van der Waals surface area (Å²) in [6.07, 6.45) is 3.07. The number of carbonyl (C=O) groups is 2. The van der Waals surface area contributed by atoms with Crippen molar-refractivity contribution in [3.63, 3.8) is 0 Å². The number of likely N-dealkylation sites (tertiary alicyclic amines) is 1. The minimum Gasteiger partial charge on any atom is -0.394 e. The first-order valence-electron chi connectivity index (χ1n) is 6.01. The largest absolute Gasteiger partial charge is 0.394 e. The van der Waals surface area contributed by atoms with Crippen molar-refractivity contribution >= 4 is 11.8 Å². The highest BCUT2D eigenvalue weighted by atomic mass is 16.5. The van der Waals surface area contributed by atoms with Gasteiger partial charge < -0.3 is 20.1 Å². The summed E-state index contributed by atoms with van der Waals surface area (Å²) in [4.78, 5) is 24.7. The van der Waals surface area contributed by atoms with Gasteiger partial charge >= 0.3 is 11.8 Å². The van der Waals surface area contributed by atoms with Crippen molar-refractivity contribution in [1.29, 1.82) is 0 Å². The van der Waals surface area contributed by atoms with Crippen LogP contribution in [0.2, 0.25) is 0 Å². The van der Waals surface area contributed by atoms with E-state index in [0.717, 1.165) is 19.3 Å². The van der Waals surface area contributed by atoms with Gasteiger partial charge in [0.05, 0.1) is 19.8 Å². The summed E-state index contributed by atoms with van der Waals surface area (Å²) < 4.78 is 4.97. The number of amides is 2. The Morgan fingerprint density at radius 3 is 2.53 bits per heavy atom. The molecule has 6 nitrogen and oxygen atoms in total. The lowest BCUT2D eigenvalue weighted by atomic mass is 10.1. The molecule has 1 heterocycles. The number of nitrogens with one attached hydrogen (secondary N) is 1. The fourth-order valence-electron chi connectivity index (χ4n) is 1.72. The van der Waals surface area contributed by atoms with Crippen LogP contribution in [-0.4, -0.2) is 61.3 Å². The van der Waals surface area contributed by atoms with Crippen molar-refractivity contribution in [2.75, 3.05) is 39.5 Å². The number of aliphatic hydroxyl groups is 1. The summed E-state index contributed by atoms with van der Waals surface area (Å²) in [5.74, 6) is -1.02. The molecular weight excluding hydrogens is 224 g/mol. The molecule has 0 aromatic rings. The number of rotatable bonds is 5. The van der Waals surface area contributed by atoms with E-state index in [2.05, 4.69) is 5.32 Å². The SMILES string of the molecule is O=C(NCCOCCO)C(=O)N1CCCCC1. The highest BCUT2D eigenvalue weighted by molar-refractivity contribution is 6.35. The molecular formula is C11H20N2O4. The number of piperidine rings is 1. The van der Waals surface area contributed by atoms with E-state index in [1.54, 1.807) is 4.90 Å². The molecule has 0 atom stereocenters.